The summed E-state index contributed by atoms with van der Waals surface area (Å²) in [5.74, 6) is 1.18. The molecule has 4 atom stereocenters. The van der Waals surface area contributed by atoms with Gasteiger partial charge in [0.25, 0.3) is 11.8 Å². The Morgan fingerprint density at radius 2 is 1.59 bits per heavy atom. The summed E-state index contributed by atoms with van der Waals surface area (Å²) >= 11 is 0. The molecule has 3 amide bonds. The molecule has 0 radical (unpaired) electrons. The normalized spacial score (nSPS) is 22.7. The number of fused-ring (bicyclic) bond motifs is 3. The first-order valence-corrected chi connectivity index (χ1v) is 17.5. The monoisotopic (exact) mass is 663 g/mol. The van der Waals surface area contributed by atoms with Gasteiger partial charge in [0.1, 0.15) is 6.04 Å². The molecule has 3 aromatic rings. The van der Waals surface area contributed by atoms with Crippen LogP contribution in [-0.4, -0.2) is 106 Å². The Bertz CT molecular complexity index is 1720. The molecule has 1 saturated heterocycles. The smallest absolute Gasteiger partial charge is 0.253 e. The molecule has 12 heteroatoms. The zero-order valence-electron chi connectivity index (χ0n) is 28.8. The van der Waals surface area contributed by atoms with Crippen molar-refractivity contribution in [3.63, 3.8) is 0 Å². The molecule has 12 nitrogen and oxygen atoms in total. The van der Waals surface area contributed by atoms with Crippen molar-refractivity contribution < 1.29 is 14.4 Å². The van der Waals surface area contributed by atoms with Gasteiger partial charge in [0.05, 0.1) is 18.0 Å². The number of nitrogens with zero attached hydrogens (tertiary/aromatic N) is 7. The summed E-state index contributed by atoms with van der Waals surface area (Å²) < 4.78 is 0. The number of benzene rings is 2. The second kappa shape index (κ2) is 13.0. The largest absolute Gasteiger partial charge is 0.345 e. The predicted octanol–water partition coefficient (Wildman–Crippen LogP) is 3.09. The van der Waals surface area contributed by atoms with Gasteiger partial charge in [-0.15, -0.1) is 5.10 Å². The first-order chi connectivity index (χ1) is 23.6. The van der Waals surface area contributed by atoms with E-state index in [-0.39, 0.29) is 42.4 Å². The third-order valence-corrected chi connectivity index (χ3v) is 11.4. The molecule has 256 valence electrons. The van der Waals surface area contributed by atoms with E-state index in [1.165, 1.54) is 0 Å². The first kappa shape index (κ1) is 32.9. The Morgan fingerprint density at radius 3 is 2.12 bits per heavy atom. The summed E-state index contributed by atoms with van der Waals surface area (Å²) in [5, 5.41) is 29.4. The number of aryl methyl sites for hydroxylation is 2. The number of aromatic amines is 1. The van der Waals surface area contributed by atoms with E-state index in [1.54, 1.807) is 38.0 Å². The maximum Gasteiger partial charge on any atom is 0.253 e. The Kier molecular flexibility index (Phi) is 8.73. The molecule has 0 spiro atoms. The minimum atomic E-state index is -0.877. The van der Waals surface area contributed by atoms with Crippen molar-refractivity contribution in [2.45, 2.75) is 81.3 Å². The Hall–Kier alpha value is -4.63. The van der Waals surface area contributed by atoms with Crippen LogP contribution in [0.2, 0.25) is 0 Å². The van der Waals surface area contributed by atoms with Gasteiger partial charge in [-0.05, 0) is 114 Å². The number of carbonyl (C=O) groups excluding carboxylic acids is 3. The van der Waals surface area contributed by atoms with Crippen molar-refractivity contribution in [3.8, 4) is 6.07 Å². The van der Waals surface area contributed by atoms with Crippen molar-refractivity contribution in [2.75, 3.05) is 34.7 Å². The van der Waals surface area contributed by atoms with Crippen LogP contribution >= 0.6 is 0 Å². The standard InChI is InChI=1S/C37H45N9O3/c1-44(2)34(48)25-11-13-29-23(15-25)9-10-24-16-26(35(49)45(3)4)12-14-30(24)37(29,36-40-42-43-41-36)19-31(22-7-5-6-8-22)39-21-33(47)46-28(20-38)17-27-18-32(27)46/h11-16,22,27-28,31-32,39H,5-10,17-19,21H2,1-4H3,(H,40,41,42,43)/t27-,28?,31-,32+/m1/s1. The summed E-state index contributed by atoms with van der Waals surface area (Å²) in [5.41, 5.74) is 4.40. The maximum atomic E-state index is 13.7. The Balaban J connectivity index is 1.35. The molecule has 49 heavy (non-hydrogen) atoms. The number of piperidine rings is 1. The molecular weight excluding hydrogens is 618 g/mol. The van der Waals surface area contributed by atoms with Crippen LogP contribution in [0.4, 0.5) is 0 Å². The van der Waals surface area contributed by atoms with E-state index in [9.17, 15) is 19.6 Å². The first-order valence-electron chi connectivity index (χ1n) is 17.5. The highest BCUT2D eigenvalue weighted by Gasteiger charge is 2.54. The topological polar surface area (TPSA) is 151 Å². The number of carbonyl (C=O) groups is 3. The highest BCUT2D eigenvalue weighted by molar-refractivity contribution is 5.95. The molecule has 2 aromatic carbocycles. The number of nitrogens with one attached hydrogen (secondary N) is 2. The number of likely N-dealkylation sites (tertiary alicyclic amines) is 1. The van der Waals surface area contributed by atoms with E-state index in [0.717, 1.165) is 60.8 Å². The van der Waals surface area contributed by atoms with Crippen molar-refractivity contribution in [1.82, 2.24) is 40.6 Å². The summed E-state index contributed by atoms with van der Waals surface area (Å²) in [6.45, 7) is 0.152. The molecule has 1 unspecified atom stereocenters. The zero-order chi connectivity index (χ0) is 34.4. The van der Waals surface area contributed by atoms with Gasteiger partial charge in [-0.3, -0.25) is 14.4 Å². The summed E-state index contributed by atoms with van der Waals surface area (Å²) in [7, 11) is 7.00. The van der Waals surface area contributed by atoms with E-state index in [1.807, 2.05) is 29.2 Å². The summed E-state index contributed by atoms with van der Waals surface area (Å²) in [6.07, 6.45) is 7.96. The molecule has 2 saturated carbocycles. The van der Waals surface area contributed by atoms with Gasteiger partial charge in [-0.1, -0.05) is 25.0 Å². The SMILES string of the molecule is CN(C)C(=O)c1ccc2c(c1)CCc1cc(C(=O)N(C)C)ccc1C2(C[C@@H](NCC(=O)N1C(C#N)C[C@@H]2C[C@@H]21)C1CCCC1)c1nnn[nH]1. The minimum absolute atomic E-state index is 0.0183. The number of rotatable bonds is 9. The van der Waals surface area contributed by atoms with Gasteiger partial charge < -0.3 is 20.0 Å². The van der Waals surface area contributed by atoms with E-state index in [0.29, 0.717) is 48.0 Å². The van der Waals surface area contributed by atoms with Gasteiger partial charge in [0, 0.05) is 51.4 Å². The molecular formula is C37H45N9O3. The molecule has 1 aliphatic heterocycles. The zero-order valence-corrected chi connectivity index (χ0v) is 28.8. The van der Waals surface area contributed by atoms with Gasteiger partial charge in [-0.2, -0.15) is 5.26 Å². The molecule has 3 fully saturated rings. The molecule has 0 bridgehead atoms. The van der Waals surface area contributed by atoms with E-state index in [2.05, 4.69) is 44.1 Å². The lowest BCUT2D eigenvalue weighted by molar-refractivity contribution is -0.131. The van der Waals surface area contributed by atoms with Crippen LogP contribution < -0.4 is 5.32 Å². The number of hydrogen-bond acceptors (Lipinski definition) is 8. The van der Waals surface area contributed by atoms with Crippen LogP contribution in [0.25, 0.3) is 0 Å². The van der Waals surface area contributed by atoms with Crippen LogP contribution in [0.3, 0.4) is 0 Å². The van der Waals surface area contributed by atoms with Crippen molar-refractivity contribution in [3.05, 3.63) is 75.6 Å². The van der Waals surface area contributed by atoms with Crippen LogP contribution in [-0.2, 0) is 23.1 Å². The van der Waals surface area contributed by atoms with Gasteiger partial charge in [0.15, 0.2) is 5.82 Å². The third kappa shape index (κ3) is 5.88. The average Bonchev–Trinajstić information content (AvgIpc) is 3.51. The molecule has 3 aliphatic carbocycles. The molecule has 2 heterocycles. The second-order valence-corrected chi connectivity index (χ2v) is 14.8. The predicted molar refractivity (Wildman–Crippen MR) is 182 cm³/mol. The Labute approximate surface area is 287 Å². The third-order valence-electron chi connectivity index (χ3n) is 11.4. The van der Waals surface area contributed by atoms with Crippen LogP contribution in [0, 0.1) is 23.2 Å². The minimum Gasteiger partial charge on any atom is -0.345 e. The van der Waals surface area contributed by atoms with Crippen molar-refractivity contribution in [2.24, 2.45) is 11.8 Å². The number of tetrazole rings is 1. The Morgan fingerprint density at radius 1 is 0.980 bits per heavy atom. The number of aromatic nitrogens is 4. The highest BCUT2D eigenvalue weighted by atomic mass is 16.2. The number of hydrogen-bond donors (Lipinski definition) is 2. The fourth-order valence-electron chi connectivity index (χ4n) is 8.88. The van der Waals surface area contributed by atoms with Gasteiger partial charge in [0.2, 0.25) is 5.91 Å². The lowest BCUT2D eigenvalue weighted by Gasteiger charge is -2.39. The van der Waals surface area contributed by atoms with E-state index in [4.69, 9.17) is 0 Å². The van der Waals surface area contributed by atoms with Crippen LogP contribution in [0.1, 0.15) is 93.7 Å². The van der Waals surface area contributed by atoms with Crippen molar-refractivity contribution in [1.29, 1.82) is 5.26 Å². The maximum absolute atomic E-state index is 13.7. The van der Waals surface area contributed by atoms with Gasteiger partial charge in [-0.25, -0.2) is 5.10 Å². The van der Waals surface area contributed by atoms with E-state index < -0.39 is 5.41 Å². The quantitative estimate of drug-likeness (QED) is 0.355. The summed E-state index contributed by atoms with van der Waals surface area (Å²) in [4.78, 5) is 45.1. The number of H-pyrrole nitrogens is 1. The lowest BCUT2D eigenvalue weighted by atomic mass is 9.66. The van der Waals surface area contributed by atoms with Gasteiger partial charge >= 0.3 is 0 Å². The van der Waals surface area contributed by atoms with Crippen LogP contribution in [0.15, 0.2) is 36.4 Å². The summed E-state index contributed by atoms with van der Waals surface area (Å²) in [6, 6.07) is 14.0. The van der Waals surface area contributed by atoms with E-state index >= 15 is 0 Å². The second-order valence-electron chi connectivity index (χ2n) is 14.8. The van der Waals surface area contributed by atoms with Crippen LogP contribution in [0.5, 0.6) is 0 Å². The highest BCUT2D eigenvalue weighted by Crippen LogP contribution is 2.49. The molecule has 2 N–H and O–H groups in total. The van der Waals surface area contributed by atoms with Crippen molar-refractivity contribution >= 4 is 17.7 Å². The number of amides is 3. The molecule has 1 aromatic heterocycles. The lowest BCUT2D eigenvalue weighted by Crippen LogP contribution is -2.49. The molecule has 4 aliphatic rings. The fraction of sp³-hybridized carbons (Fsp3) is 0.541. The molecule has 7 rings (SSSR count). The number of nitriles is 1. The fourth-order valence-corrected chi connectivity index (χ4v) is 8.88. The average molecular weight is 664 g/mol.